The smallest absolute Gasteiger partial charge is 0.129 e. The molecule has 0 bridgehead atoms. The van der Waals surface area contributed by atoms with E-state index in [2.05, 4.69) is 0 Å². The van der Waals surface area contributed by atoms with Gasteiger partial charge in [0.15, 0.2) is 0 Å². The van der Waals surface area contributed by atoms with Crippen molar-refractivity contribution >= 4 is 0 Å². The zero-order chi connectivity index (χ0) is 13.7. The second-order valence-electron chi connectivity index (χ2n) is 5.55. The van der Waals surface area contributed by atoms with Gasteiger partial charge in [0.05, 0.1) is 6.10 Å². The minimum atomic E-state index is -0.343. The zero-order valence-corrected chi connectivity index (χ0v) is 11.6. The first kappa shape index (κ1) is 14.5. The molecule has 0 heterocycles. The average molecular weight is 265 g/mol. The van der Waals surface area contributed by atoms with E-state index < -0.39 is 0 Å². The summed E-state index contributed by atoms with van der Waals surface area (Å²) < 4.78 is 20.0. The zero-order valence-electron chi connectivity index (χ0n) is 11.6. The quantitative estimate of drug-likeness (QED) is 0.836. The fraction of sp³-hybridized carbons (Fsp3) is 0.625. The van der Waals surface area contributed by atoms with Gasteiger partial charge >= 0.3 is 0 Å². The molecule has 1 aliphatic rings. The van der Waals surface area contributed by atoms with Crippen molar-refractivity contribution in [1.82, 2.24) is 0 Å². The molecule has 0 amide bonds. The first-order chi connectivity index (χ1) is 9.18. The third-order valence-electron chi connectivity index (χ3n) is 3.83. The Morgan fingerprint density at radius 3 is 2.37 bits per heavy atom. The monoisotopic (exact) mass is 265 g/mol. The lowest BCUT2D eigenvalue weighted by atomic mass is 10.0. The van der Waals surface area contributed by atoms with Crippen molar-refractivity contribution in [3.05, 3.63) is 35.6 Å². The summed E-state index contributed by atoms with van der Waals surface area (Å²) >= 11 is 0. The first-order valence-corrected chi connectivity index (χ1v) is 7.34. The molecule has 1 aliphatic carbocycles. The highest BCUT2D eigenvalue weighted by Gasteiger charge is 2.24. The maximum atomic E-state index is 13.9. The lowest BCUT2D eigenvalue weighted by Crippen LogP contribution is -2.31. The molecular formula is C16H24FNO. The van der Waals surface area contributed by atoms with Gasteiger partial charge in [0, 0.05) is 11.6 Å². The molecule has 1 aromatic carbocycles. The fourth-order valence-electron chi connectivity index (χ4n) is 2.77. The van der Waals surface area contributed by atoms with Crippen LogP contribution in [0, 0.1) is 5.82 Å². The first-order valence-electron chi connectivity index (χ1n) is 7.34. The Labute approximate surface area is 115 Å². The number of hydrogen-bond donors (Lipinski definition) is 1. The average Bonchev–Trinajstić information content (AvgIpc) is 2.65. The summed E-state index contributed by atoms with van der Waals surface area (Å²) in [5.41, 5.74) is 6.59. The second kappa shape index (κ2) is 7.01. The maximum absolute atomic E-state index is 13.9. The molecule has 0 radical (unpaired) electrons. The molecule has 2 atom stereocenters. The molecule has 3 heteroatoms. The second-order valence-corrected chi connectivity index (χ2v) is 5.55. The normalized spacial score (nSPS) is 20.8. The van der Waals surface area contributed by atoms with E-state index in [0.29, 0.717) is 5.56 Å². The van der Waals surface area contributed by atoms with Crippen molar-refractivity contribution in [1.29, 1.82) is 0 Å². The van der Waals surface area contributed by atoms with E-state index in [-0.39, 0.29) is 24.1 Å². The van der Waals surface area contributed by atoms with Gasteiger partial charge in [-0.1, -0.05) is 43.9 Å². The van der Waals surface area contributed by atoms with Crippen molar-refractivity contribution in [3.63, 3.8) is 0 Å². The minimum Gasteiger partial charge on any atom is -0.369 e. The Balaban J connectivity index is 2.10. The van der Waals surface area contributed by atoms with Gasteiger partial charge in [0.25, 0.3) is 0 Å². The Bertz CT molecular complexity index is 386. The molecule has 2 nitrogen and oxygen atoms in total. The highest BCUT2D eigenvalue weighted by Crippen LogP contribution is 2.29. The van der Waals surface area contributed by atoms with Crippen molar-refractivity contribution in [2.45, 2.75) is 63.7 Å². The van der Waals surface area contributed by atoms with Gasteiger partial charge in [-0.3, -0.25) is 0 Å². The summed E-state index contributed by atoms with van der Waals surface area (Å²) in [5.74, 6) is -0.224. The van der Waals surface area contributed by atoms with Crippen LogP contribution >= 0.6 is 0 Å². The van der Waals surface area contributed by atoms with Gasteiger partial charge in [-0.25, -0.2) is 4.39 Å². The Morgan fingerprint density at radius 2 is 1.79 bits per heavy atom. The van der Waals surface area contributed by atoms with Gasteiger partial charge in [-0.2, -0.15) is 0 Å². The van der Waals surface area contributed by atoms with Gasteiger partial charge in [-0.15, -0.1) is 0 Å². The van der Waals surface area contributed by atoms with E-state index in [1.54, 1.807) is 12.1 Å². The number of halogens is 1. The molecule has 2 unspecified atom stereocenters. The molecule has 106 valence electrons. The molecular weight excluding hydrogens is 241 g/mol. The molecule has 2 N–H and O–H groups in total. The largest absolute Gasteiger partial charge is 0.369 e. The number of nitrogens with two attached hydrogens (primary N) is 1. The predicted octanol–water partition coefficient (Wildman–Crippen LogP) is 3.95. The molecule has 2 rings (SSSR count). The lowest BCUT2D eigenvalue weighted by Gasteiger charge is -2.27. The standard InChI is InChI=1S/C16H24FNO/c1-12(18)16(14-10-6-7-11-15(14)17)19-13-8-4-2-3-5-9-13/h6-7,10-13,16H,2-5,8-9,18H2,1H3. The Morgan fingerprint density at radius 1 is 1.16 bits per heavy atom. The highest BCUT2D eigenvalue weighted by atomic mass is 19.1. The van der Waals surface area contributed by atoms with Crippen molar-refractivity contribution in [2.75, 3.05) is 0 Å². The summed E-state index contributed by atoms with van der Waals surface area (Å²) in [6.07, 6.45) is 6.98. The molecule has 1 aromatic rings. The molecule has 19 heavy (non-hydrogen) atoms. The van der Waals surface area contributed by atoms with E-state index in [1.807, 2.05) is 13.0 Å². The SMILES string of the molecule is CC(N)C(OC1CCCCCC1)c1ccccc1F. The van der Waals surface area contributed by atoms with Crippen molar-refractivity contribution in [2.24, 2.45) is 5.73 Å². The van der Waals surface area contributed by atoms with Crippen LogP contribution in [0.2, 0.25) is 0 Å². The van der Waals surface area contributed by atoms with Crippen molar-refractivity contribution in [3.8, 4) is 0 Å². The molecule has 1 fully saturated rings. The van der Waals surface area contributed by atoms with Crippen LogP contribution < -0.4 is 5.73 Å². The van der Waals surface area contributed by atoms with Crippen LogP contribution in [0.3, 0.4) is 0 Å². The van der Waals surface area contributed by atoms with E-state index in [9.17, 15) is 4.39 Å². The predicted molar refractivity (Wildman–Crippen MR) is 75.4 cm³/mol. The van der Waals surface area contributed by atoms with Crippen LogP contribution in [-0.2, 0) is 4.74 Å². The van der Waals surface area contributed by atoms with Crippen molar-refractivity contribution < 1.29 is 9.13 Å². The van der Waals surface area contributed by atoms with Gasteiger partial charge < -0.3 is 10.5 Å². The van der Waals surface area contributed by atoms with Crippen LogP contribution in [0.1, 0.15) is 57.1 Å². The summed E-state index contributed by atoms with van der Waals surface area (Å²) in [4.78, 5) is 0. The number of rotatable bonds is 4. The van der Waals surface area contributed by atoms with Crippen LogP contribution in [0.5, 0.6) is 0 Å². The highest BCUT2D eigenvalue weighted by molar-refractivity contribution is 5.21. The number of hydrogen-bond acceptors (Lipinski definition) is 2. The Kier molecular flexibility index (Phi) is 5.34. The van der Waals surface area contributed by atoms with Crippen LogP contribution in [-0.4, -0.2) is 12.1 Å². The topological polar surface area (TPSA) is 35.2 Å². The van der Waals surface area contributed by atoms with Crippen LogP contribution in [0.4, 0.5) is 4.39 Å². The fourth-order valence-corrected chi connectivity index (χ4v) is 2.77. The third-order valence-corrected chi connectivity index (χ3v) is 3.83. The summed E-state index contributed by atoms with van der Waals surface area (Å²) in [6, 6.07) is 6.58. The molecule has 0 saturated heterocycles. The van der Waals surface area contributed by atoms with E-state index in [0.717, 1.165) is 12.8 Å². The number of benzene rings is 1. The molecule has 1 saturated carbocycles. The third kappa shape index (κ3) is 4.02. The van der Waals surface area contributed by atoms with Gasteiger partial charge in [0.1, 0.15) is 11.9 Å². The summed E-state index contributed by atoms with van der Waals surface area (Å²) in [6.45, 7) is 1.88. The van der Waals surface area contributed by atoms with Gasteiger partial charge in [0.2, 0.25) is 0 Å². The molecule has 0 aliphatic heterocycles. The summed E-state index contributed by atoms with van der Waals surface area (Å²) in [5, 5.41) is 0. The van der Waals surface area contributed by atoms with E-state index >= 15 is 0 Å². The maximum Gasteiger partial charge on any atom is 0.129 e. The Hall–Kier alpha value is -0.930. The van der Waals surface area contributed by atoms with E-state index in [4.69, 9.17) is 10.5 Å². The summed E-state index contributed by atoms with van der Waals surface area (Å²) in [7, 11) is 0. The number of ether oxygens (including phenoxy) is 1. The van der Waals surface area contributed by atoms with Crippen LogP contribution in [0.25, 0.3) is 0 Å². The minimum absolute atomic E-state index is 0.208. The van der Waals surface area contributed by atoms with E-state index in [1.165, 1.54) is 31.7 Å². The molecule has 0 spiro atoms. The van der Waals surface area contributed by atoms with Gasteiger partial charge in [-0.05, 0) is 25.8 Å². The molecule has 0 aromatic heterocycles. The lowest BCUT2D eigenvalue weighted by molar-refractivity contribution is -0.0324. The van der Waals surface area contributed by atoms with Crippen LogP contribution in [0.15, 0.2) is 24.3 Å².